The summed E-state index contributed by atoms with van der Waals surface area (Å²) in [6.45, 7) is 3.65. The third-order valence-corrected chi connectivity index (χ3v) is 2.90. The molecule has 0 aliphatic rings. The molecule has 0 saturated carbocycles. The second-order valence-corrected chi connectivity index (χ2v) is 4.24. The topological polar surface area (TPSA) is 43.4 Å². The number of benzene rings is 1. The molecule has 0 amide bonds. The van der Waals surface area contributed by atoms with Gasteiger partial charge in [-0.1, -0.05) is 28.1 Å². The molecule has 0 aromatic heterocycles. The lowest BCUT2D eigenvalue weighted by Gasteiger charge is -2.11. The fourth-order valence-corrected chi connectivity index (χ4v) is 2.29. The van der Waals surface area contributed by atoms with Gasteiger partial charge in [0.2, 0.25) is 0 Å². The summed E-state index contributed by atoms with van der Waals surface area (Å²) in [5.74, 6) is -0.263. The molecular formula is C13H15BrO3. The molecule has 17 heavy (non-hydrogen) atoms. The third-order valence-electron chi connectivity index (χ3n) is 2.34. The lowest BCUT2D eigenvalue weighted by molar-refractivity contribution is -0.116. The molecule has 0 radical (unpaired) electrons. The van der Waals surface area contributed by atoms with Crippen LogP contribution in [0.1, 0.15) is 35.3 Å². The Morgan fingerprint density at radius 2 is 2.06 bits per heavy atom. The van der Waals surface area contributed by atoms with E-state index in [0.29, 0.717) is 23.9 Å². The van der Waals surface area contributed by atoms with Gasteiger partial charge >= 0.3 is 5.97 Å². The van der Waals surface area contributed by atoms with Crippen molar-refractivity contribution < 1.29 is 14.3 Å². The largest absolute Gasteiger partial charge is 0.462 e. The van der Waals surface area contributed by atoms with E-state index in [9.17, 15) is 9.59 Å². The second-order valence-electron chi connectivity index (χ2n) is 3.68. The van der Waals surface area contributed by atoms with Crippen molar-refractivity contribution in [1.82, 2.24) is 0 Å². The molecule has 0 atom stereocenters. The van der Waals surface area contributed by atoms with Crippen LogP contribution in [0.3, 0.4) is 0 Å². The zero-order valence-corrected chi connectivity index (χ0v) is 11.5. The third kappa shape index (κ3) is 3.66. The minimum absolute atomic E-state index is 0.0770. The molecule has 0 aliphatic heterocycles. The molecule has 0 saturated heterocycles. The maximum absolute atomic E-state index is 11.7. The number of hydrogen-bond donors (Lipinski definition) is 0. The summed E-state index contributed by atoms with van der Waals surface area (Å²) in [5, 5.41) is 0.532. The van der Waals surface area contributed by atoms with Crippen LogP contribution in [0.5, 0.6) is 0 Å². The van der Waals surface area contributed by atoms with Crippen molar-refractivity contribution in [2.75, 3.05) is 6.61 Å². The average molecular weight is 299 g/mol. The molecule has 1 aromatic carbocycles. The zero-order valence-electron chi connectivity index (χ0n) is 9.96. The lowest BCUT2D eigenvalue weighted by Crippen LogP contribution is -2.10. The van der Waals surface area contributed by atoms with Gasteiger partial charge < -0.3 is 4.74 Å². The van der Waals surface area contributed by atoms with Crippen LogP contribution in [0.2, 0.25) is 0 Å². The molecule has 0 bridgehead atoms. The lowest BCUT2D eigenvalue weighted by atomic mass is 9.99. The highest BCUT2D eigenvalue weighted by molar-refractivity contribution is 9.08. The van der Waals surface area contributed by atoms with Crippen molar-refractivity contribution in [3.8, 4) is 0 Å². The van der Waals surface area contributed by atoms with Gasteiger partial charge in [0, 0.05) is 11.8 Å². The molecule has 0 N–H and O–H groups in total. The summed E-state index contributed by atoms with van der Waals surface area (Å²) >= 11 is 3.35. The highest BCUT2D eigenvalue weighted by Gasteiger charge is 2.15. The number of rotatable bonds is 5. The highest BCUT2D eigenvalue weighted by Crippen LogP contribution is 2.20. The molecule has 0 unspecified atom stereocenters. The first-order chi connectivity index (χ1) is 8.10. The quantitative estimate of drug-likeness (QED) is 0.620. The Morgan fingerprint density at radius 1 is 1.35 bits per heavy atom. The summed E-state index contributed by atoms with van der Waals surface area (Å²) in [4.78, 5) is 22.9. The number of ether oxygens (including phenoxy) is 1. The molecule has 0 heterocycles. The minimum atomic E-state index is -0.340. The molecule has 0 aliphatic carbocycles. The van der Waals surface area contributed by atoms with Crippen molar-refractivity contribution >= 4 is 27.7 Å². The number of Topliss-reactive ketones (excluding diaryl/α,β-unsaturated/α-hetero) is 1. The van der Waals surface area contributed by atoms with Gasteiger partial charge in [-0.25, -0.2) is 4.79 Å². The molecule has 1 aromatic rings. The average Bonchev–Trinajstić information content (AvgIpc) is 2.28. The number of halogens is 1. The Morgan fingerprint density at radius 3 is 2.59 bits per heavy atom. The molecule has 3 nitrogen and oxygen atoms in total. The molecular weight excluding hydrogens is 284 g/mol. The van der Waals surface area contributed by atoms with Crippen LogP contribution in [0.4, 0.5) is 0 Å². The Balaban J connectivity index is 3.13. The summed E-state index contributed by atoms with van der Waals surface area (Å²) < 4.78 is 4.99. The summed E-state index contributed by atoms with van der Waals surface area (Å²) in [5.41, 5.74) is 2.24. The summed E-state index contributed by atoms with van der Waals surface area (Å²) in [6.07, 6.45) is 0.341. The van der Waals surface area contributed by atoms with Crippen molar-refractivity contribution in [3.05, 3.63) is 34.9 Å². The van der Waals surface area contributed by atoms with E-state index >= 15 is 0 Å². The molecule has 0 spiro atoms. The standard InChI is InChI=1S/C13H15BrO3/c1-3-17-13(16)11-6-4-5-10(7-9(2)15)12(11)8-14/h4-6H,3,7-8H2,1-2H3. The minimum Gasteiger partial charge on any atom is -0.462 e. The normalized spacial score (nSPS) is 10.1. The number of carbonyl (C=O) groups is 2. The number of hydrogen-bond acceptors (Lipinski definition) is 3. The van der Waals surface area contributed by atoms with Crippen molar-refractivity contribution in [1.29, 1.82) is 0 Å². The maximum atomic E-state index is 11.7. The second kappa shape index (κ2) is 6.55. The smallest absolute Gasteiger partial charge is 0.338 e. The Hall–Kier alpha value is -1.16. The van der Waals surface area contributed by atoms with Crippen LogP contribution < -0.4 is 0 Å². The van der Waals surface area contributed by atoms with Gasteiger partial charge in [-0.15, -0.1) is 0 Å². The van der Waals surface area contributed by atoms with Crippen LogP contribution in [0.15, 0.2) is 18.2 Å². The van der Waals surface area contributed by atoms with E-state index in [1.165, 1.54) is 6.92 Å². The number of alkyl halides is 1. The van der Waals surface area contributed by atoms with Crippen LogP contribution in [0.25, 0.3) is 0 Å². The van der Waals surface area contributed by atoms with Gasteiger partial charge in [0.1, 0.15) is 5.78 Å². The van der Waals surface area contributed by atoms with Crippen molar-refractivity contribution in [2.24, 2.45) is 0 Å². The fraction of sp³-hybridized carbons (Fsp3) is 0.385. The van der Waals surface area contributed by atoms with Crippen LogP contribution in [0, 0.1) is 0 Å². The van der Waals surface area contributed by atoms with Gasteiger partial charge in [0.15, 0.2) is 0 Å². The van der Waals surface area contributed by atoms with E-state index in [1.807, 2.05) is 6.07 Å². The highest BCUT2D eigenvalue weighted by atomic mass is 79.9. The van der Waals surface area contributed by atoms with Gasteiger partial charge in [-0.2, -0.15) is 0 Å². The van der Waals surface area contributed by atoms with Gasteiger partial charge in [-0.3, -0.25) is 4.79 Å². The van der Waals surface area contributed by atoms with Gasteiger partial charge in [-0.05, 0) is 31.0 Å². The van der Waals surface area contributed by atoms with Gasteiger partial charge in [0.05, 0.1) is 12.2 Å². The number of carbonyl (C=O) groups excluding carboxylic acids is 2. The first-order valence-corrected chi connectivity index (χ1v) is 6.55. The summed E-state index contributed by atoms with van der Waals surface area (Å²) in [7, 11) is 0. The van der Waals surface area contributed by atoms with Gasteiger partial charge in [0.25, 0.3) is 0 Å². The van der Waals surface area contributed by atoms with Crippen molar-refractivity contribution in [3.63, 3.8) is 0 Å². The molecule has 1 rings (SSSR count). The Bertz CT molecular complexity index is 427. The Kier molecular flexibility index (Phi) is 5.35. The fourth-order valence-electron chi connectivity index (χ4n) is 1.63. The monoisotopic (exact) mass is 298 g/mol. The predicted molar refractivity (Wildman–Crippen MR) is 69.4 cm³/mol. The summed E-state index contributed by atoms with van der Waals surface area (Å²) in [6, 6.07) is 5.36. The zero-order chi connectivity index (χ0) is 12.8. The number of esters is 1. The molecule has 92 valence electrons. The van der Waals surface area contributed by atoms with E-state index < -0.39 is 0 Å². The van der Waals surface area contributed by atoms with Crippen LogP contribution >= 0.6 is 15.9 Å². The molecule has 4 heteroatoms. The predicted octanol–water partition coefficient (Wildman–Crippen LogP) is 2.89. The van der Waals surface area contributed by atoms with E-state index in [-0.39, 0.29) is 11.8 Å². The molecule has 0 fully saturated rings. The first-order valence-electron chi connectivity index (χ1n) is 5.43. The SMILES string of the molecule is CCOC(=O)c1cccc(CC(C)=O)c1CBr. The van der Waals surface area contributed by atoms with Crippen LogP contribution in [-0.4, -0.2) is 18.4 Å². The van der Waals surface area contributed by atoms with Crippen molar-refractivity contribution in [2.45, 2.75) is 25.6 Å². The maximum Gasteiger partial charge on any atom is 0.338 e. The van der Waals surface area contributed by atoms with E-state index in [0.717, 1.165) is 11.1 Å². The first kappa shape index (κ1) is 13.9. The van der Waals surface area contributed by atoms with E-state index in [4.69, 9.17) is 4.74 Å². The number of ketones is 1. The van der Waals surface area contributed by atoms with E-state index in [2.05, 4.69) is 15.9 Å². The van der Waals surface area contributed by atoms with E-state index in [1.54, 1.807) is 19.1 Å². The Labute approximate surface area is 109 Å². The van der Waals surface area contributed by atoms with Crippen LogP contribution in [-0.2, 0) is 21.3 Å².